The second-order valence-electron chi connectivity index (χ2n) is 4.92. The van der Waals surface area contributed by atoms with Gasteiger partial charge in [-0.2, -0.15) is 5.10 Å². The molecule has 0 aliphatic carbocycles. The molecule has 1 aromatic heterocycles. The smallest absolute Gasteiger partial charge is 0.189 e. The maximum absolute atomic E-state index is 12.1. The van der Waals surface area contributed by atoms with Crippen LogP contribution < -0.4 is 0 Å². The van der Waals surface area contributed by atoms with Crippen molar-refractivity contribution < 1.29 is 4.79 Å². The van der Waals surface area contributed by atoms with Crippen molar-refractivity contribution in [3.8, 4) is 0 Å². The Hall–Kier alpha value is -1.52. The predicted molar refractivity (Wildman–Crippen MR) is 89.0 cm³/mol. The Morgan fingerprint density at radius 1 is 1.43 bits per heavy atom. The lowest BCUT2D eigenvalue weighted by molar-refractivity contribution is 0.104. The van der Waals surface area contributed by atoms with Gasteiger partial charge in [0.25, 0.3) is 0 Å². The van der Waals surface area contributed by atoms with E-state index in [-0.39, 0.29) is 5.78 Å². The number of carbonyl (C=O) groups excluding carboxylic acids is 1. The third-order valence-corrected chi connectivity index (χ3v) is 4.18. The van der Waals surface area contributed by atoms with Gasteiger partial charge in [0, 0.05) is 34.0 Å². The number of nitrogens with zero attached hydrogens (tertiary/aromatic N) is 2. The summed E-state index contributed by atoms with van der Waals surface area (Å²) in [6, 6.07) is 5.78. The molecular formula is C16H17ClN2OS. The first-order chi connectivity index (χ1) is 9.97. The number of carbonyl (C=O) groups is 1. The number of aryl methyl sites for hydroxylation is 1. The number of hydrogen-bond donors (Lipinski definition) is 0. The van der Waals surface area contributed by atoms with E-state index in [1.54, 1.807) is 48.0 Å². The number of halogens is 1. The largest absolute Gasteiger partial charge is 0.289 e. The molecule has 1 aromatic carbocycles. The van der Waals surface area contributed by atoms with Gasteiger partial charge in [-0.3, -0.25) is 9.48 Å². The Bertz CT molecular complexity index is 677. The highest BCUT2D eigenvalue weighted by molar-refractivity contribution is 8.00. The number of thioether (sulfide) groups is 1. The van der Waals surface area contributed by atoms with Crippen molar-refractivity contribution in [1.82, 2.24) is 9.78 Å². The highest BCUT2D eigenvalue weighted by Gasteiger charge is 2.08. The van der Waals surface area contributed by atoms with Gasteiger partial charge in [-0.1, -0.05) is 31.5 Å². The second-order valence-corrected chi connectivity index (χ2v) is 6.94. The van der Waals surface area contributed by atoms with Crippen LogP contribution in [0.2, 0.25) is 5.02 Å². The predicted octanol–water partition coefficient (Wildman–Crippen LogP) is 4.47. The van der Waals surface area contributed by atoms with Crippen molar-refractivity contribution in [2.24, 2.45) is 7.05 Å². The minimum absolute atomic E-state index is 0.0801. The van der Waals surface area contributed by atoms with E-state index >= 15 is 0 Å². The summed E-state index contributed by atoms with van der Waals surface area (Å²) in [7, 11) is 1.78. The van der Waals surface area contributed by atoms with Crippen LogP contribution in [-0.4, -0.2) is 20.8 Å². The van der Waals surface area contributed by atoms with Crippen molar-refractivity contribution in [2.75, 3.05) is 0 Å². The second kappa shape index (κ2) is 6.96. The van der Waals surface area contributed by atoms with Gasteiger partial charge in [0.1, 0.15) is 0 Å². The van der Waals surface area contributed by atoms with E-state index in [9.17, 15) is 4.79 Å². The molecule has 0 bridgehead atoms. The van der Waals surface area contributed by atoms with Crippen LogP contribution in [-0.2, 0) is 7.05 Å². The molecule has 21 heavy (non-hydrogen) atoms. The van der Waals surface area contributed by atoms with E-state index in [4.69, 9.17) is 11.6 Å². The zero-order valence-corrected chi connectivity index (χ0v) is 13.8. The molecule has 110 valence electrons. The van der Waals surface area contributed by atoms with Crippen molar-refractivity contribution >= 4 is 35.2 Å². The number of benzene rings is 1. The van der Waals surface area contributed by atoms with Gasteiger partial charge >= 0.3 is 0 Å². The third-order valence-electron chi connectivity index (χ3n) is 2.77. The van der Waals surface area contributed by atoms with Crippen LogP contribution in [0.15, 0.2) is 41.6 Å². The Balaban J connectivity index is 2.26. The number of aromatic nitrogens is 2. The number of hydrogen-bond acceptors (Lipinski definition) is 3. The fourth-order valence-electron chi connectivity index (χ4n) is 1.84. The molecule has 0 spiro atoms. The molecule has 1 heterocycles. The summed E-state index contributed by atoms with van der Waals surface area (Å²) < 4.78 is 1.61. The van der Waals surface area contributed by atoms with E-state index in [0.717, 1.165) is 10.5 Å². The molecule has 0 amide bonds. The van der Waals surface area contributed by atoms with Crippen molar-refractivity contribution in [3.05, 3.63) is 52.8 Å². The average molecular weight is 321 g/mol. The topological polar surface area (TPSA) is 34.9 Å². The zero-order chi connectivity index (χ0) is 15.4. The fourth-order valence-corrected chi connectivity index (χ4v) is 3.10. The quantitative estimate of drug-likeness (QED) is 0.463. The Labute approximate surface area is 134 Å². The molecule has 5 heteroatoms. The molecular weight excluding hydrogens is 304 g/mol. The molecule has 0 unspecified atom stereocenters. The molecule has 0 N–H and O–H groups in total. The minimum atomic E-state index is -0.0801. The third kappa shape index (κ3) is 4.22. The normalized spacial score (nSPS) is 11.5. The summed E-state index contributed by atoms with van der Waals surface area (Å²) in [4.78, 5) is 13.2. The lowest BCUT2D eigenvalue weighted by Crippen LogP contribution is -1.93. The Morgan fingerprint density at radius 2 is 2.19 bits per heavy atom. The average Bonchev–Trinajstić information content (AvgIpc) is 2.84. The lowest BCUT2D eigenvalue weighted by atomic mass is 10.1. The van der Waals surface area contributed by atoms with Crippen molar-refractivity contribution in [2.45, 2.75) is 24.0 Å². The molecule has 0 radical (unpaired) electrons. The summed E-state index contributed by atoms with van der Waals surface area (Å²) in [5, 5.41) is 5.10. The summed E-state index contributed by atoms with van der Waals surface area (Å²) in [6.45, 7) is 4.25. The first-order valence-electron chi connectivity index (χ1n) is 6.63. The maximum atomic E-state index is 12.1. The van der Waals surface area contributed by atoms with E-state index in [1.165, 1.54) is 0 Å². The molecule has 2 aromatic rings. The van der Waals surface area contributed by atoms with Crippen LogP contribution in [0.1, 0.15) is 29.8 Å². The number of ketones is 1. The van der Waals surface area contributed by atoms with Crippen molar-refractivity contribution in [3.63, 3.8) is 0 Å². The number of allylic oxidation sites excluding steroid dienone is 1. The van der Waals surface area contributed by atoms with Gasteiger partial charge in [0.15, 0.2) is 5.78 Å². The number of rotatable bonds is 5. The fraction of sp³-hybridized carbons (Fsp3) is 0.250. The van der Waals surface area contributed by atoms with Gasteiger partial charge in [0.05, 0.1) is 11.8 Å². The van der Waals surface area contributed by atoms with Crippen LogP contribution >= 0.6 is 23.4 Å². The first kappa shape index (κ1) is 15.9. The van der Waals surface area contributed by atoms with Crippen LogP contribution in [0.3, 0.4) is 0 Å². The summed E-state index contributed by atoms with van der Waals surface area (Å²) in [5.74, 6) is -0.0801. The minimum Gasteiger partial charge on any atom is -0.289 e. The van der Waals surface area contributed by atoms with Gasteiger partial charge in [-0.05, 0) is 24.3 Å². The van der Waals surface area contributed by atoms with E-state index in [1.807, 2.05) is 18.2 Å². The monoisotopic (exact) mass is 320 g/mol. The standard InChI is InChI=1S/C16H17ClN2OS/c1-11(2)21-16-6-4-5-14(17)13(16)7-8-15(20)12-9-18-19(3)10-12/h4-11H,1-3H3/b8-7+. The SMILES string of the molecule is CC(C)Sc1cccc(Cl)c1/C=C/C(=O)c1cnn(C)c1. The molecule has 0 saturated heterocycles. The highest BCUT2D eigenvalue weighted by atomic mass is 35.5. The van der Waals surface area contributed by atoms with Crippen LogP contribution in [0.25, 0.3) is 6.08 Å². The lowest BCUT2D eigenvalue weighted by Gasteiger charge is -2.09. The molecule has 0 aliphatic heterocycles. The molecule has 2 rings (SSSR count). The Morgan fingerprint density at radius 3 is 2.81 bits per heavy atom. The highest BCUT2D eigenvalue weighted by Crippen LogP contribution is 2.32. The first-order valence-corrected chi connectivity index (χ1v) is 7.89. The van der Waals surface area contributed by atoms with E-state index < -0.39 is 0 Å². The van der Waals surface area contributed by atoms with Crippen LogP contribution in [0.5, 0.6) is 0 Å². The Kier molecular flexibility index (Phi) is 5.26. The summed E-state index contributed by atoms with van der Waals surface area (Å²) in [6.07, 6.45) is 6.58. The van der Waals surface area contributed by atoms with Crippen LogP contribution in [0.4, 0.5) is 0 Å². The summed E-state index contributed by atoms with van der Waals surface area (Å²) >= 11 is 7.98. The van der Waals surface area contributed by atoms with Crippen molar-refractivity contribution in [1.29, 1.82) is 0 Å². The zero-order valence-electron chi connectivity index (χ0n) is 12.2. The van der Waals surface area contributed by atoms with Gasteiger partial charge in [0.2, 0.25) is 0 Å². The summed E-state index contributed by atoms with van der Waals surface area (Å²) in [5.41, 5.74) is 1.45. The van der Waals surface area contributed by atoms with E-state index in [0.29, 0.717) is 15.8 Å². The van der Waals surface area contributed by atoms with Gasteiger partial charge in [-0.15, -0.1) is 11.8 Å². The van der Waals surface area contributed by atoms with Gasteiger partial charge in [-0.25, -0.2) is 0 Å². The molecule has 0 atom stereocenters. The molecule has 3 nitrogen and oxygen atoms in total. The van der Waals surface area contributed by atoms with Crippen LogP contribution in [0, 0.1) is 0 Å². The molecule has 0 fully saturated rings. The molecule has 0 aliphatic rings. The van der Waals surface area contributed by atoms with E-state index in [2.05, 4.69) is 18.9 Å². The maximum Gasteiger partial charge on any atom is 0.189 e. The molecule has 0 saturated carbocycles. The van der Waals surface area contributed by atoms with Gasteiger partial charge < -0.3 is 0 Å².